The van der Waals surface area contributed by atoms with Crippen molar-refractivity contribution in [3.63, 3.8) is 0 Å². The molecule has 0 aliphatic rings. The quantitative estimate of drug-likeness (QED) is 0.205. The van der Waals surface area contributed by atoms with Crippen LogP contribution in [0.5, 0.6) is 0 Å². The highest BCUT2D eigenvalue weighted by Gasteiger charge is 2.03. The molecule has 0 N–H and O–H groups in total. The first-order chi connectivity index (χ1) is 6.74. The summed E-state index contributed by atoms with van der Waals surface area (Å²) in [5.41, 5.74) is 0. The fraction of sp³-hybridized carbons (Fsp3) is 0.600. The smallest absolute Gasteiger partial charge is 0.330 e. The summed E-state index contributed by atoms with van der Waals surface area (Å²) >= 11 is 0. The average molecular weight is 197 g/mol. The van der Waals surface area contributed by atoms with Crippen molar-refractivity contribution in [1.82, 2.24) is 0 Å². The number of rotatable bonds is 7. The number of isocyanates is 1. The van der Waals surface area contributed by atoms with Gasteiger partial charge in [-0.2, -0.15) is 0 Å². The lowest BCUT2D eigenvalue weighted by molar-refractivity contribution is -0.137. The van der Waals surface area contributed by atoms with Gasteiger partial charge in [-0.25, -0.2) is 14.6 Å². The van der Waals surface area contributed by atoms with Gasteiger partial charge < -0.3 is 4.74 Å². The van der Waals surface area contributed by atoms with Gasteiger partial charge in [0.05, 0.1) is 12.6 Å². The number of carbonyl (C=O) groups excluding carboxylic acids is 2. The third kappa shape index (κ3) is 6.14. The number of carbonyl (C=O) groups is 1. The molecular weight excluding hydrogens is 182 g/mol. The number of nitrogens with zero attached hydrogens (tertiary/aromatic N) is 1. The molecule has 0 rings (SSSR count). The summed E-state index contributed by atoms with van der Waals surface area (Å²) in [5.74, 6) is -0.420. The molecule has 1 unspecified atom stereocenters. The third-order valence-electron chi connectivity index (χ3n) is 1.80. The number of hydrogen-bond acceptors (Lipinski definition) is 4. The molecule has 0 aromatic rings. The Balaban J connectivity index is 3.56. The van der Waals surface area contributed by atoms with Gasteiger partial charge in [-0.05, 0) is 19.3 Å². The fourth-order valence-electron chi connectivity index (χ4n) is 0.985. The van der Waals surface area contributed by atoms with Crippen LogP contribution in [0.2, 0.25) is 0 Å². The zero-order valence-corrected chi connectivity index (χ0v) is 8.36. The van der Waals surface area contributed by atoms with Crippen LogP contribution in [0.15, 0.2) is 17.6 Å². The molecule has 0 aliphatic heterocycles. The van der Waals surface area contributed by atoms with Gasteiger partial charge in [-0.1, -0.05) is 13.5 Å². The summed E-state index contributed by atoms with van der Waals surface area (Å²) in [6.45, 7) is 5.56. The highest BCUT2D eigenvalue weighted by Crippen LogP contribution is 2.05. The van der Waals surface area contributed by atoms with E-state index in [2.05, 4.69) is 11.6 Å². The molecule has 4 nitrogen and oxygen atoms in total. The SMILES string of the molecule is C=CC(=O)OCCCC(CC)N=C=O. The predicted molar refractivity (Wildman–Crippen MR) is 52.6 cm³/mol. The second-order valence-corrected chi connectivity index (χ2v) is 2.80. The topological polar surface area (TPSA) is 55.7 Å². The second-order valence-electron chi connectivity index (χ2n) is 2.80. The normalized spacial score (nSPS) is 11.2. The molecule has 1 atom stereocenters. The Morgan fingerprint density at radius 1 is 1.71 bits per heavy atom. The number of hydrogen-bond donors (Lipinski definition) is 0. The molecule has 0 saturated carbocycles. The highest BCUT2D eigenvalue weighted by molar-refractivity contribution is 5.81. The van der Waals surface area contributed by atoms with Crippen LogP contribution in [0.3, 0.4) is 0 Å². The van der Waals surface area contributed by atoms with Crippen molar-refractivity contribution < 1.29 is 14.3 Å². The number of esters is 1. The van der Waals surface area contributed by atoms with E-state index in [0.29, 0.717) is 13.0 Å². The summed E-state index contributed by atoms with van der Waals surface area (Å²) < 4.78 is 4.77. The van der Waals surface area contributed by atoms with Crippen LogP contribution < -0.4 is 0 Å². The van der Waals surface area contributed by atoms with Gasteiger partial charge in [0.25, 0.3) is 0 Å². The molecule has 0 heterocycles. The predicted octanol–water partition coefficient (Wildman–Crippen LogP) is 1.61. The summed E-state index contributed by atoms with van der Waals surface area (Å²) in [5, 5.41) is 0. The fourth-order valence-corrected chi connectivity index (χ4v) is 0.985. The summed E-state index contributed by atoms with van der Waals surface area (Å²) in [4.78, 5) is 24.2. The minimum atomic E-state index is -0.420. The Labute approximate surface area is 83.7 Å². The Hall–Kier alpha value is -1.41. The van der Waals surface area contributed by atoms with E-state index in [-0.39, 0.29) is 6.04 Å². The lowest BCUT2D eigenvalue weighted by Gasteiger charge is -2.06. The Bertz CT molecular complexity index is 232. The Morgan fingerprint density at radius 3 is 2.93 bits per heavy atom. The molecule has 0 radical (unpaired) electrons. The van der Waals surface area contributed by atoms with Gasteiger partial charge in [0, 0.05) is 6.08 Å². The molecule has 14 heavy (non-hydrogen) atoms. The van der Waals surface area contributed by atoms with E-state index in [1.807, 2.05) is 6.92 Å². The maximum Gasteiger partial charge on any atom is 0.330 e. The lowest BCUT2D eigenvalue weighted by atomic mass is 10.1. The first kappa shape index (κ1) is 12.6. The maximum absolute atomic E-state index is 10.6. The van der Waals surface area contributed by atoms with Gasteiger partial charge in [-0.3, -0.25) is 0 Å². The van der Waals surface area contributed by atoms with Gasteiger partial charge in [0.1, 0.15) is 0 Å². The van der Waals surface area contributed by atoms with Crippen LogP contribution in [0.4, 0.5) is 0 Å². The van der Waals surface area contributed by atoms with E-state index in [1.54, 1.807) is 0 Å². The molecule has 0 aromatic heterocycles. The molecule has 78 valence electrons. The number of aliphatic imine (C=N–C) groups is 1. The van der Waals surface area contributed by atoms with E-state index in [1.165, 1.54) is 6.08 Å². The van der Waals surface area contributed by atoms with Gasteiger partial charge in [0.2, 0.25) is 6.08 Å². The van der Waals surface area contributed by atoms with E-state index in [9.17, 15) is 9.59 Å². The molecule has 0 aromatic carbocycles. The maximum atomic E-state index is 10.6. The molecule has 0 amide bonds. The molecular formula is C10H15NO3. The van der Waals surface area contributed by atoms with Gasteiger partial charge in [0.15, 0.2) is 0 Å². The van der Waals surface area contributed by atoms with Crippen LogP contribution in [0.25, 0.3) is 0 Å². The van der Waals surface area contributed by atoms with E-state index in [4.69, 9.17) is 4.74 Å². The summed E-state index contributed by atoms with van der Waals surface area (Å²) in [6, 6.07) is -0.00469. The van der Waals surface area contributed by atoms with Crippen LogP contribution >= 0.6 is 0 Å². The third-order valence-corrected chi connectivity index (χ3v) is 1.80. The second kappa shape index (κ2) is 8.20. The molecule has 0 aliphatic carbocycles. The van der Waals surface area contributed by atoms with Crippen molar-refractivity contribution in [2.75, 3.05) is 6.61 Å². The minimum Gasteiger partial charge on any atom is -0.463 e. The van der Waals surface area contributed by atoms with Crippen LogP contribution in [0.1, 0.15) is 26.2 Å². The zero-order valence-electron chi connectivity index (χ0n) is 8.36. The Morgan fingerprint density at radius 2 is 2.43 bits per heavy atom. The van der Waals surface area contributed by atoms with Crippen molar-refractivity contribution in [3.05, 3.63) is 12.7 Å². The Kier molecular flexibility index (Phi) is 7.37. The standard InChI is InChI=1S/C10H15NO3/c1-3-9(11-8-12)6-5-7-14-10(13)4-2/h4,9H,2-3,5-7H2,1H3. The number of ether oxygens (including phenoxy) is 1. The van der Waals surface area contributed by atoms with Crippen molar-refractivity contribution in [2.45, 2.75) is 32.2 Å². The monoisotopic (exact) mass is 197 g/mol. The first-order valence-electron chi connectivity index (χ1n) is 4.60. The largest absolute Gasteiger partial charge is 0.463 e. The van der Waals surface area contributed by atoms with Gasteiger partial charge >= 0.3 is 5.97 Å². The van der Waals surface area contributed by atoms with E-state index in [0.717, 1.165) is 18.9 Å². The first-order valence-corrected chi connectivity index (χ1v) is 4.60. The zero-order chi connectivity index (χ0) is 10.8. The molecule has 0 bridgehead atoms. The van der Waals surface area contributed by atoms with Crippen LogP contribution in [-0.2, 0) is 14.3 Å². The highest BCUT2D eigenvalue weighted by atomic mass is 16.5. The van der Waals surface area contributed by atoms with Gasteiger partial charge in [-0.15, -0.1) is 0 Å². The summed E-state index contributed by atoms with van der Waals surface area (Å²) in [6.07, 6.45) is 4.88. The van der Waals surface area contributed by atoms with E-state index >= 15 is 0 Å². The van der Waals surface area contributed by atoms with Crippen molar-refractivity contribution in [1.29, 1.82) is 0 Å². The van der Waals surface area contributed by atoms with Crippen molar-refractivity contribution in [3.8, 4) is 0 Å². The lowest BCUT2D eigenvalue weighted by Crippen LogP contribution is -2.07. The molecule has 0 saturated heterocycles. The summed E-state index contributed by atoms with van der Waals surface area (Å²) in [7, 11) is 0. The van der Waals surface area contributed by atoms with Crippen molar-refractivity contribution in [2.24, 2.45) is 4.99 Å². The van der Waals surface area contributed by atoms with Crippen molar-refractivity contribution >= 4 is 12.0 Å². The minimum absolute atomic E-state index is 0.00469. The molecule has 0 spiro atoms. The van der Waals surface area contributed by atoms with E-state index < -0.39 is 5.97 Å². The molecule has 0 fully saturated rings. The average Bonchev–Trinajstić information content (AvgIpc) is 2.22. The van der Waals surface area contributed by atoms with Crippen LogP contribution in [0, 0.1) is 0 Å². The molecule has 4 heteroatoms. The van der Waals surface area contributed by atoms with Crippen LogP contribution in [-0.4, -0.2) is 24.7 Å².